The summed E-state index contributed by atoms with van der Waals surface area (Å²) in [4.78, 5) is 29.8. The minimum atomic E-state index is -0.550. The van der Waals surface area contributed by atoms with Crippen molar-refractivity contribution in [3.8, 4) is 0 Å². The van der Waals surface area contributed by atoms with E-state index in [1.165, 1.54) is 12.8 Å². The fraction of sp³-hybridized carbons (Fsp3) is 0.765. The van der Waals surface area contributed by atoms with E-state index >= 15 is 0 Å². The molecule has 0 radical (unpaired) electrons. The molecule has 0 aliphatic carbocycles. The van der Waals surface area contributed by atoms with Crippen LogP contribution in [0.1, 0.15) is 54.4 Å². The highest BCUT2D eigenvalue weighted by Crippen LogP contribution is 2.19. The number of hydrogen-bond acceptors (Lipinski definition) is 6. The van der Waals surface area contributed by atoms with Crippen LogP contribution in [0.4, 0.5) is 0 Å². The van der Waals surface area contributed by atoms with Crippen molar-refractivity contribution in [2.45, 2.75) is 51.6 Å². The van der Waals surface area contributed by atoms with Gasteiger partial charge >= 0.3 is 0 Å². The Morgan fingerprint density at radius 2 is 1.92 bits per heavy atom. The molecular weight excluding hydrogens is 340 g/mol. The Balaban J connectivity index is 1.64. The second-order valence-corrected chi connectivity index (χ2v) is 7.40. The predicted octanol–water partition coefficient (Wildman–Crippen LogP) is 1.73. The van der Waals surface area contributed by atoms with Crippen LogP contribution in [0.2, 0.25) is 0 Å². The van der Waals surface area contributed by atoms with E-state index in [0.717, 1.165) is 56.0 Å². The minimum absolute atomic E-state index is 0.0237. The summed E-state index contributed by atoms with van der Waals surface area (Å²) in [5.41, 5.74) is 0.763. The third kappa shape index (κ3) is 4.36. The van der Waals surface area contributed by atoms with E-state index in [9.17, 15) is 9.59 Å². The number of rotatable bonds is 4. The van der Waals surface area contributed by atoms with Crippen molar-refractivity contribution in [2.75, 3.05) is 32.8 Å². The van der Waals surface area contributed by atoms with Gasteiger partial charge in [0.15, 0.2) is 6.10 Å². The van der Waals surface area contributed by atoms with Crippen molar-refractivity contribution in [1.82, 2.24) is 19.4 Å². The van der Waals surface area contributed by atoms with Crippen LogP contribution in [0.15, 0.2) is 0 Å². The molecule has 25 heavy (non-hydrogen) atoms. The standard InChI is InChI=1S/C17H26N4O3S/c1-2-7-13-15(25-19-18-13)17(23)21-10-11-24-14(12-21)16(22)20-8-5-3-4-6-9-20/h14H,2-12H2,1H3/t14-/m1/s1. The zero-order valence-corrected chi connectivity index (χ0v) is 15.6. The largest absolute Gasteiger partial charge is 0.365 e. The Bertz CT molecular complexity index is 598. The summed E-state index contributed by atoms with van der Waals surface area (Å²) in [6.45, 7) is 4.87. The molecule has 0 N–H and O–H groups in total. The Morgan fingerprint density at radius 3 is 2.64 bits per heavy atom. The first-order valence-electron chi connectivity index (χ1n) is 9.21. The zero-order chi connectivity index (χ0) is 17.6. The number of nitrogens with zero attached hydrogens (tertiary/aromatic N) is 4. The number of hydrogen-bond donors (Lipinski definition) is 0. The van der Waals surface area contributed by atoms with E-state index in [4.69, 9.17) is 4.74 Å². The molecule has 0 spiro atoms. The summed E-state index contributed by atoms with van der Waals surface area (Å²) in [7, 11) is 0. The van der Waals surface area contributed by atoms with Gasteiger partial charge in [0.25, 0.3) is 11.8 Å². The fourth-order valence-electron chi connectivity index (χ4n) is 3.39. The highest BCUT2D eigenvalue weighted by Gasteiger charge is 2.33. The van der Waals surface area contributed by atoms with Gasteiger partial charge in [0.2, 0.25) is 0 Å². The molecule has 0 aromatic carbocycles. The van der Waals surface area contributed by atoms with Crippen LogP contribution in [0, 0.1) is 0 Å². The van der Waals surface area contributed by atoms with E-state index in [2.05, 4.69) is 16.5 Å². The third-order valence-corrected chi connectivity index (χ3v) is 5.54. The lowest BCUT2D eigenvalue weighted by Crippen LogP contribution is -2.52. The lowest BCUT2D eigenvalue weighted by molar-refractivity contribution is -0.148. The van der Waals surface area contributed by atoms with Crippen molar-refractivity contribution >= 4 is 23.3 Å². The summed E-state index contributed by atoms with van der Waals surface area (Å²) in [5, 5.41) is 4.07. The molecule has 3 heterocycles. The van der Waals surface area contributed by atoms with Crippen LogP contribution < -0.4 is 0 Å². The maximum atomic E-state index is 12.8. The molecule has 138 valence electrons. The number of carbonyl (C=O) groups is 2. The average Bonchev–Trinajstić information content (AvgIpc) is 2.93. The Labute approximate surface area is 152 Å². The average molecular weight is 366 g/mol. The van der Waals surface area contributed by atoms with Gasteiger partial charge in [0.05, 0.1) is 18.8 Å². The summed E-state index contributed by atoms with van der Waals surface area (Å²) in [5.74, 6) is -0.0500. The Hall–Kier alpha value is -1.54. The molecule has 2 aliphatic heterocycles. The predicted molar refractivity (Wildman–Crippen MR) is 94.6 cm³/mol. The van der Waals surface area contributed by atoms with Crippen LogP contribution in [0.5, 0.6) is 0 Å². The molecule has 7 nitrogen and oxygen atoms in total. The summed E-state index contributed by atoms with van der Waals surface area (Å²) < 4.78 is 9.63. The van der Waals surface area contributed by atoms with Crippen molar-refractivity contribution < 1.29 is 14.3 Å². The van der Waals surface area contributed by atoms with Crippen LogP contribution in [-0.2, 0) is 16.0 Å². The topological polar surface area (TPSA) is 75.6 Å². The summed E-state index contributed by atoms with van der Waals surface area (Å²) in [6.07, 6.45) is 5.58. The van der Waals surface area contributed by atoms with Gasteiger partial charge in [0.1, 0.15) is 4.88 Å². The molecule has 1 atom stereocenters. The Kier molecular flexibility index (Phi) is 6.36. The van der Waals surface area contributed by atoms with Crippen molar-refractivity contribution in [1.29, 1.82) is 0 Å². The smallest absolute Gasteiger partial charge is 0.267 e. The molecule has 2 saturated heterocycles. The van der Waals surface area contributed by atoms with E-state index in [-0.39, 0.29) is 11.8 Å². The number of likely N-dealkylation sites (tertiary alicyclic amines) is 1. The second-order valence-electron chi connectivity index (χ2n) is 6.65. The number of aryl methyl sites for hydroxylation is 1. The lowest BCUT2D eigenvalue weighted by atomic mass is 10.2. The van der Waals surface area contributed by atoms with Crippen LogP contribution in [0.3, 0.4) is 0 Å². The normalized spacial score (nSPS) is 21.9. The highest BCUT2D eigenvalue weighted by molar-refractivity contribution is 7.08. The van der Waals surface area contributed by atoms with Crippen molar-refractivity contribution in [2.24, 2.45) is 0 Å². The summed E-state index contributed by atoms with van der Waals surface area (Å²) >= 11 is 1.14. The highest BCUT2D eigenvalue weighted by atomic mass is 32.1. The number of ether oxygens (including phenoxy) is 1. The molecule has 0 bridgehead atoms. The van der Waals surface area contributed by atoms with Crippen LogP contribution in [0.25, 0.3) is 0 Å². The number of amides is 2. The Morgan fingerprint density at radius 1 is 1.16 bits per heavy atom. The van der Waals surface area contributed by atoms with Gasteiger partial charge in [-0.3, -0.25) is 9.59 Å². The maximum Gasteiger partial charge on any atom is 0.267 e. The monoisotopic (exact) mass is 366 g/mol. The maximum absolute atomic E-state index is 12.8. The van der Waals surface area contributed by atoms with E-state index in [1.807, 2.05) is 4.90 Å². The number of morpholine rings is 1. The van der Waals surface area contributed by atoms with Gasteiger partial charge < -0.3 is 14.5 Å². The molecule has 2 aliphatic rings. The first-order valence-corrected chi connectivity index (χ1v) is 9.99. The van der Waals surface area contributed by atoms with E-state index in [0.29, 0.717) is 24.6 Å². The first kappa shape index (κ1) is 18.3. The zero-order valence-electron chi connectivity index (χ0n) is 14.8. The molecule has 1 aromatic rings. The second kappa shape index (κ2) is 8.71. The first-order chi connectivity index (χ1) is 12.2. The van der Waals surface area contributed by atoms with E-state index < -0.39 is 6.10 Å². The SMILES string of the molecule is CCCc1nnsc1C(=O)N1CCO[C@@H](C(=O)N2CCCCCC2)C1. The number of carbonyl (C=O) groups excluding carboxylic acids is 2. The van der Waals surface area contributed by atoms with Gasteiger partial charge in [-0.25, -0.2) is 0 Å². The lowest BCUT2D eigenvalue weighted by Gasteiger charge is -2.34. The molecule has 3 rings (SSSR count). The summed E-state index contributed by atoms with van der Waals surface area (Å²) in [6, 6.07) is 0. The third-order valence-electron chi connectivity index (χ3n) is 4.78. The molecular formula is C17H26N4O3S. The van der Waals surface area contributed by atoms with Crippen LogP contribution in [-0.4, -0.2) is 70.1 Å². The quantitative estimate of drug-likeness (QED) is 0.811. The molecule has 0 unspecified atom stereocenters. The van der Waals surface area contributed by atoms with Crippen molar-refractivity contribution in [3.05, 3.63) is 10.6 Å². The molecule has 8 heteroatoms. The molecule has 2 fully saturated rings. The molecule has 1 aromatic heterocycles. The van der Waals surface area contributed by atoms with Gasteiger partial charge in [-0.2, -0.15) is 0 Å². The van der Waals surface area contributed by atoms with Gasteiger partial charge in [-0.15, -0.1) is 5.10 Å². The fourth-order valence-corrected chi connectivity index (χ4v) is 4.07. The van der Waals surface area contributed by atoms with Crippen LogP contribution >= 0.6 is 11.5 Å². The molecule has 2 amide bonds. The molecule has 0 saturated carbocycles. The van der Waals surface area contributed by atoms with Gasteiger partial charge in [0, 0.05) is 19.6 Å². The van der Waals surface area contributed by atoms with Crippen molar-refractivity contribution in [3.63, 3.8) is 0 Å². The van der Waals surface area contributed by atoms with Gasteiger partial charge in [-0.05, 0) is 30.8 Å². The van der Waals surface area contributed by atoms with E-state index in [1.54, 1.807) is 4.90 Å². The number of aromatic nitrogens is 2. The van der Waals surface area contributed by atoms with Gasteiger partial charge in [-0.1, -0.05) is 30.7 Å². The minimum Gasteiger partial charge on any atom is -0.365 e.